The van der Waals surface area contributed by atoms with Crippen LogP contribution in [0.2, 0.25) is 0 Å². The number of carbonyl (C=O) groups is 3. The molecule has 1 unspecified atom stereocenters. The van der Waals surface area contributed by atoms with Gasteiger partial charge in [0.25, 0.3) is 0 Å². The maximum atomic E-state index is 12.9. The average molecular weight is 1010 g/mol. The van der Waals surface area contributed by atoms with Crippen LogP contribution < -0.4 is 0 Å². The van der Waals surface area contributed by atoms with Crippen molar-refractivity contribution in [2.45, 2.75) is 258 Å². The number of hydrogen-bond acceptors (Lipinski definition) is 6. The Morgan fingerprint density at radius 3 is 0.986 bits per heavy atom. The predicted molar refractivity (Wildman–Crippen MR) is 316 cm³/mol. The molecule has 0 fully saturated rings. The van der Waals surface area contributed by atoms with Gasteiger partial charge in [-0.3, -0.25) is 14.4 Å². The number of rotatable bonds is 52. The third kappa shape index (κ3) is 58.3. The van der Waals surface area contributed by atoms with Crippen molar-refractivity contribution in [2.24, 2.45) is 0 Å². The molecule has 0 saturated carbocycles. The molecule has 0 aromatic carbocycles. The van der Waals surface area contributed by atoms with Crippen molar-refractivity contribution in [2.75, 3.05) is 13.2 Å². The Bertz CT molecular complexity index is 1580. The Labute approximate surface area is 449 Å². The minimum Gasteiger partial charge on any atom is -0.462 e. The summed E-state index contributed by atoms with van der Waals surface area (Å²) in [5.41, 5.74) is 0. The van der Waals surface area contributed by atoms with Gasteiger partial charge < -0.3 is 14.2 Å². The lowest BCUT2D eigenvalue weighted by atomic mass is 10.1. The summed E-state index contributed by atoms with van der Waals surface area (Å²) in [6.45, 7) is 6.37. The highest BCUT2D eigenvalue weighted by molar-refractivity contribution is 5.72. The van der Waals surface area contributed by atoms with Crippen LogP contribution in [0, 0.1) is 0 Å². The van der Waals surface area contributed by atoms with Gasteiger partial charge in [-0.1, -0.05) is 244 Å². The van der Waals surface area contributed by atoms with E-state index in [9.17, 15) is 14.4 Å². The summed E-state index contributed by atoms with van der Waals surface area (Å²) in [4.78, 5) is 38.2. The summed E-state index contributed by atoms with van der Waals surface area (Å²) in [6, 6.07) is 0. The van der Waals surface area contributed by atoms with Gasteiger partial charge in [0.2, 0.25) is 0 Å². The first-order valence-corrected chi connectivity index (χ1v) is 29.7. The molecule has 0 bridgehead atoms. The van der Waals surface area contributed by atoms with Crippen molar-refractivity contribution in [3.05, 3.63) is 134 Å². The monoisotopic (exact) mass is 1010 g/mol. The van der Waals surface area contributed by atoms with E-state index in [1.807, 2.05) is 6.08 Å². The Morgan fingerprint density at radius 2 is 0.589 bits per heavy atom. The molecule has 0 aromatic rings. The van der Waals surface area contributed by atoms with Gasteiger partial charge in [0.1, 0.15) is 13.2 Å². The number of allylic oxidation sites excluding steroid dienone is 21. The fraction of sp³-hybridized carbons (Fsp3) is 0.627. The second-order valence-electron chi connectivity index (χ2n) is 19.2. The zero-order valence-electron chi connectivity index (χ0n) is 47.1. The van der Waals surface area contributed by atoms with E-state index in [1.165, 1.54) is 89.9 Å². The third-order valence-electron chi connectivity index (χ3n) is 12.1. The standard InChI is InChI=1S/C67H108O6/c1-4-7-10-13-16-19-22-25-28-30-32-33-35-36-39-42-45-48-51-54-57-60-66(69)72-63-64(62-71-65(68)59-56-53-50-47-44-41-38-27-24-21-18-15-12-9-6-3)73-67(70)61-58-55-52-49-46-43-40-37-34-31-29-26-23-20-17-14-11-8-5-2/h9,12,17-18,20-22,25-27,29-30,32,34-38,44,47,53,56,64H,4-8,10-11,13-16,19,23-24,28,31,33,39-43,45-46,48-52,54-55,57-63H2,1-3H3/b12-9-,20-17-,21-18-,25-22-,29-26-,32-30-,36-35-,37-34-,38-27-,47-44-,56-53-. The first-order valence-electron chi connectivity index (χ1n) is 29.7. The van der Waals surface area contributed by atoms with Crippen LogP contribution in [0.25, 0.3) is 0 Å². The van der Waals surface area contributed by atoms with E-state index >= 15 is 0 Å². The first-order chi connectivity index (χ1) is 36.0. The largest absolute Gasteiger partial charge is 0.462 e. The minimum absolute atomic E-state index is 0.116. The molecule has 0 spiro atoms. The second-order valence-corrected chi connectivity index (χ2v) is 19.2. The van der Waals surface area contributed by atoms with Gasteiger partial charge in [-0.05, 0) is 122 Å². The van der Waals surface area contributed by atoms with Crippen molar-refractivity contribution in [1.82, 2.24) is 0 Å². The molecule has 1 atom stereocenters. The molecule has 0 amide bonds. The summed E-state index contributed by atoms with van der Waals surface area (Å²) in [5.74, 6) is -1.09. The van der Waals surface area contributed by atoms with Gasteiger partial charge in [0.05, 0.1) is 6.42 Å². The van der Waals surface area contributed by atoms with Gasteiger partial charge in [0, 0.05) is 12.8 Å². The lowest BCUT2D eigenvalue weighted by Gasteiger charge is -2.18. The predicted octanol–water partition coefficient (Wildman–Crippen LogP) is 20.2. The number of unbranched alkanes of at least 4 members (excludes halogenated alkanes) is 20. The second kappa shape index (κ2) is 60.1. The van der Waals surface area contributed by atoms with Gasteiger partial charge in [-0.15, -0.1) is 0 Å². The maximum Gasteiger partial charge on any atom is 0.309 e. The Balaban J connectivity index is 4.54. The van der Waals surface area contributed by atoms with E-state index < -0.39 is 12.1 Å². The fourth-order valence-electron chi connectivity index (χ4n) is 7.70. The van der Waals surface area contributed by atoms with E-state index in [0.29, 0.717) is 6.42 Å². The van der Waals surface area contributed by atoms with Gasteiger partial charge in [-0.2, -0.15) is 0 Å². The lowest BCUT2D eigenvalue weighted by molar-refractivity contribution is -0.166. The highest BCUT2D eigenvalue weighted by atomic mass is 16.6. The van der Waals surface area contributed by atoms with Gasteiger partial charge >= 0.3 is 17.9 Å². The Morgan fingerprint density at radius 1 is 0.301 bits per heavy atom. The zero-order chi connectivity index (χ0) is 52.9. The molecule has 0 aliphatic carbocycles. The van der Waals surface area contributed by atoms with Crippen molar-refractivity contribution in [3.8, 4) is 0 Å². The molecule has 0 N–H and O–H groups in total. The van der Waals surface area contributed by atoms with E-state index in [1.54, 1.807) is 6.08 Å². The van der Waals surface area contributed by atoms with Gasteiger partial charge in [0.15, 0.2) is 6.10 Å². The van der Waals surface area contributed by atoms with Crippen LogP contribution in [0.1, 0.15) is 252 Å². The van der Waals surface area contributed by atoms with Gasteiger partial charge in [-0.25, -0.2) is 0 Å². The molecule has 0 aliphatic rings. The lowest BCUT2D eigenvalue weighted by Crippen LogP contribution is -2.30. The Kier molecular flexibility index (Phi) is 56.4. The molecule has 0 radical (unpaired) electrons. The molecule has 0 aromatic heterocycles. The van der Waals surface area contributed by atoms with Crippen molar-refractivity contribution >= 4 is 17.9 Å². The maximum absolute atomic E-state index is 12.9. The van der Waals surface area contributed by atoms with E-state index in [-0.39, 0.29) is 38.0 Å². The highest BCUT2D eigenvalue weighted by Gasteiger charge is 2.19. The number of hydrogen-bond donors (Lipinski definition) is 0. The quantitative estimate of drug-likeness (QED) is 0.0261. The van der Waals surface area contributed by atoms with Crippen LogP contribution in [0.3, 0.4) is 0 Å². The third-order valence-corrected chi connectivity index (χ3v) is 12.1. The molecule has 412 valence electrons. The molecular formula is C67H108O6. The molecule has 6 heteroatoms. The summed E-state index contributed by atoms with van der Waals surface area (Å²) >= 11 is 0. The minimum atomic E-state index is -0.837. The zero-order valence-corrected chi connectivity index (χ0v) is 47.1. The van der Waals surface area contributed by atoms with E-state index in [2.05, 4.69) is 142 Å². The van der Waals surface area contributed by atoms with Crippen molar-refractivity contribution < 1.29 is 28.6 Å². The highest BCUT2D eigenvalue weighted by Crippen LogP contribution is 2.13. The SMILES string of the molecule is CC/C=C\C/C=C\C/C=C\C/C=C\C/C=C\CC(=O)OCC(COC(=O)CCCCCCCC/C=C\C/C=C\C/C=C\CCCCCCC)OC(=O)CCCCCCCC/C=C\C/C=C\C/C=C\CCCCC. The summed E-state index contributed by atoms with van der Waals surface area (Å²) < 4.78 is 16.8. The average Bonchev–Trinajstić information content (AvgIpc) is 3.39. The normalized spacial score (nSPS) is 13.1. The molecule has 6 nitrogen and oxygen atoms in total. The smallest absolute Gasteiger partial charge is 0.309 e. The van der Waals surface area contributed by atoms with Crippen molar-refractivity contribution in [1.29, 1.82) is 0 Å². The van der Waals surface area contributed by atoms with E-state index in [0.717, 1.165) is 122 Å². The Hall–Kier alpha value is -4.45. The molecule has 0 rings (SSSR count). The molecule has 0 aliphatic heterocycles. The summed E-state index contributed by atoms with van der Waals surface area (Å²) in [7, 11) is 0. The van der Waals surface area contributed by atoms with Crippen LogP contribution >= 0.6 is 0 Å². The van der Waals surface area contributed by atoms with Crippen LogP contribution in [-0.4, -0.2) is 37.2 Å². The van der Waals surface area contributed by atoms with E-state index in [4.69, 9.17) is 14.2 Å². The molecule has 73 heavy (non-hydrogen) atoms. The summed E-state index contributed by atoms with van der Waals surface area (Å²) in [5, 5.41) is 0. The first kappa shape index (κ1) is 68.6. The number of ether oxygens (including phenoxy) is 3. The van der Waals surface area contributed by atoms with Crippen LogP contribution in [0.15, 0.2) is 134 Å². The topological polar surface area (TPSA) is 78.9 Å². The number of carbonyl (C=O) groups excluding carboxylic acids is 3. The van der Waals surface area contributed by atoms with Crippen molar-refractivity contribution in [3.63, 3.8) is 0 Å². The fourth-order valence-corrected chi connectivity index (χ4v) is 7.70. The molecule has 0 saturated heterocycles. The molecular weight excluding hydrogens is 901 g/mol. The van der Waals surface area contributed by atoms with Crippen LogP contribution in [-0.2, 0) is 28.6 Å². The van der Waals surface area contributed by atoms with Crippen LogP contribution in [0.4, 0.5) is 0 Å². The number of esters is 3. The summed E-state index contributed by atoms with van der Waals surface area (Å²) in [6.07, 6.45) is 84.6. The van der Waals surface area contributed by atoms with Crippen LogP contribution in [0.5, 0.6) is 0 Å². The molecule has 0 heterocycles.